The monoisotopic (exact) mass is 497 g/mol. The number of benzene rings is 3. The third kappa shape index (κ3) is 7.37. The number of amides is 1. The molecule has 7 nitrogen and oxygen atoms in total. The van der Waals surface area contributed by atoms with Crippen LogP contribution in [-0.4, -0.2) is 42.7 Å². The van der Waals surface area contributed by atoms with Gasteiger partial charge in [0.1, 0.15) is 18.5 Å². The van der Waals surface area contributed by atoms with Crippen molar-refractivity contribution in [3.05, 3.63) is 72.3 Å². The molecule has 0 spiro atoms. The van der Waals surface area contributed by atoms with Crippen LogP contribution in [0.3, 0.4) is 0 Å². The predicted octanol–water partition coefficient (Wildman–Crippen LogP) is 5.39. The molecule has 35 heavy (non-hydrogen) atoms. The number of ether oxygens (including phenoxy) is 3. The lowest BCUT2D eigenvalue weighted by Crippen LogP contribution is -2.30. The Labute approximate surface area is 210 Å². The van der Waals surface area contributed by atoms with Gasteiger partial charge in [-0.2, -0.15) is 12.6 Å². The zero-order chi connectivity index (χ0) is 25.3. The van der Waals surface area contributed by atoms with E-state index in [0.717, 1.165) is 16.3 Å². The van der Waals surface area contributed by atoms with Gasteiger partial charge in [-0.3, -0.25) is 10.1 Å². The highest BCUT2D eigenvalue weighted by Gasteiger charge is 2.35. The Morgan fingerprint density at radius 3 is 2.54 bits per heavy atom. The maximum atomic E-state index is 13.1. The molecule has 0 saturated heterocycles. The average Bonchev–Trinajstić information content (AvgIpc) is 2.86. The van der Waals surface area contributed by atoms with Gasteiger partial charge in [0.05, 0.1) is 24.7 Å². The van der Waals surface area contributed by atoms with E-state index in [1.807, 2.05) is 62.4 Å². The lowest BCUT2D eigenvalue weighted by molar-refractivity contribution is -0.141. The highest BCUT2D eigenvalue weighted by Crippen LogP contribution is 2.41. The van der Waals surface area contributed by atoms with Crippen molar-refractivity contribution in [2.75, 3.05) is 30.9 Å². The molecule has 0 saturated carbocycles. The lowest BCUT2D eigenvalue weighted by atomic mass is 9.80. The molecule has 1 amide bonds. The van der Waals surface area contributed by atoms with Crippen molar-refractivity contribution in [3.8, 4) is 5.75 Å². The minimum absolute atomic E-state index is 0.00195. The lowest BCUT2D eigenvalue weighted by Gasteiger charge is -2.34. The molecule has 3 rings (SSSR count). The molecule has 0 heterocycles. The fourth-order valence-corrected chi connectivity index (χ4v) is 3.89. The third-order valence-corrected chi connectivity index (χ3v) is 5.88. The first-order valence-electron chi connectivity index (χ1n) is 11.4. The minimum atomic E-state index is -0.676. The highest BCUT2D eigenvalue weighted by atomic mass is 32.1. The zero-order valence-corrected chi connectivity index (χ0v) is 20.8. The van der Waals surface area contributed by atoms with E-state index in [1.165, 1.54) is 0 Å². The second-order valence-corrected chi connectivity index (χ2v) is 9.02. The van der Waals surface area contributed by atoms with E-state index in [9.17, 15) is 9.59 Å². The topological polar surface area (TPSA) is 94.1 Å². The molecule has 3 aromatic carbocycles. The molecule has 0 aliphatic carbocycles. The summed E-state index contributed by atoms with van der Waals surface area (Å²) in [4.78, 5) is 24.6. The van der Waals surface area contributed by atoms with Gasteiger partial charge in [0.2, 0.25) is 0 Å². The quantitative estimate of drug-likeness (QED) is 0.243. The molecule has 0 unspecified atom stereocenters. The Morgan fingerprint density at radius 2 is 1.77 bits per heavy atom. The molecule has 3 aromatic rings. The number of hydrogen-bond donors (Lipinski definition) is 3. The van der Waals surface area contributed by atoms with Crippen molar-refractivity contribution in [1.29, 1.82) is 0 Å². The van der Waals surface area contributed by atoms with Crippen LogP contribution in [0.1, 0.15) is 31.9 Å². The summed E-state index contributed by atoms with van der Waals surface area (Å²) in [6.45, 7) is 4.09. The number of rotatable bonds is 11. The third-order valence-electron chi connectivity index (χ3n) is 5.62. The molecule has 0 radical (unpaired) electrons. The van der Waals surface area contributed by atoms with Crippen LogP contribution in [0, 0.1) is 5.41 Å². The fourth-order valence-electron chi connectivity index (χ4n) is 3.80. The average molecular weight is 498 g/mol. The maximum Gasteiger partial charge on any atom is 0.412 e. The predicted molar refractivity (Wildman–Crippen MR) is 139 cm³/mol. The number of anilines is 1. The molecule has 2 N–H and O–H groups in total. The van der Waals surface area contributed by atoms with Gasteiger partial charge in [-0.15, -0.1) is 0 Å². The molecular weight excluding hydrogens is 466 g/mol. The summed E-state index contributed by atoms with van der Waals surface area (Å²) in [5, 5.41) is 13.9. The van der Waals surface area contributed by atoms with E-state index >= 15 is 0 Å². The van der Waals surface area contributed by atoms with Crippen LogP contribution in [0.4, 0.5) is 10.5 Å². The van der Waals surface area contributed by atoms with E-state index in [-0.39, 0.29) is 25.6 Å². The number of carbonyl (C=O) groups excluding carboxylic acids is 2. The van der Waals surface area contributed by atoms with E-state index < -0.39 is 23.6 Å². The number of nitrogens with one attached hydrogen (secondary N) is 1. The number of esters is 1. The van der Waals surface area contributed by atoms with Crippen molar-refractivity contribution < 1.29 is 28.9 Å². The maximum absolute atomic E-state index is 13.1. The number of hydrogen-bond acceptors (Lipinski definition) is 7. The van der Waals surface area contributed by atoms with Gasteiger partial charge in [0, 0.05) is 10.8 Å². The Balaban J connectivity index is 1.84. The van der Waals surface area contributed by atoms with Gasteiger partial charge < -0.3 is 19.3 Å². The molecule has 1 atom stereocenters. The van der Waals surface area contributed by atoms with Crippen molar-refractivity contribution in [1.82, 2.24) is 0 Å². The zero-order valence-electron chi connectivity index (χ0n) is 19.9. The summed E-state index contributed by atoms with van der Waals surface area (Å²) >= 11 is 3.93. The van der Waals surface area contributed by atoms with Crippen LogP contribution in [0.5, 0.6) is 5.75 Å². The summed E-state index contributed by atoms with van der Waals surface area (Å²) < 4.78 is 16.8. The van der Waals surface area contributed by atoms with Crippen LogP contribution in [0.25, 0.3) is 10.8 Å². The van der Waals surface area contributed by atoms with Crippen LogP contribution in [-0.2, 0) is 14.3 Å². The molecule has 0 aromatic heterocycles. The Kier molecular flexibility index (Phi) is 9.39. The minimum Gasteiger partial charge on any atom is -0.491 e. The van der Waals surface area contributed by atoms with Crippen molar-refractivity contribution in [2.24, 2.45) is 5.41 Å². The fraction of sp³-hybridized carbons (Fsp3) is 0.333. The number of aliphatic hydroxyl groups is 1. The SMILES string of the molecule is CC(C)(CCOC(=O)CS)[C@@H](OC(=O)Nc1cccc2ccccc12)c1cccc(OCCO)c1. The van der Waals surface area contributed by atoms with Gasteiger partial charge in [0.25, 0.3) is 0 Å². The number of thiol groups is 1. The molecule has 0 fully saturated rings. The van der Waals surface area contributed by atoms with Crippen LogP contribution >= 0.6 is 12.6 Å². The summed E-state index contributed by atoms with van der Waals surface area (Å²) in [6, 6.07) is 20.6. The summed E-state index contributed by atoms with van der Waals surface area (Å²) in [5.74, 6) is 0.143. The Hall–Kier alpha value is -3.23. The molecule has 0 bridgehead atoms. The van der Waals surface area contributed by atoms with Crippen molar-refractivity contribution >= 4 is 41.2 Å². The van der Waals surface area contributed by atoms with Crippen molar-refractivity contribution in [3.63, 3.8) is 0 Å². The first-order chi connectivity index (χ1) is 16.8. The van der Waals surface area contributed by atoms with Crippen LogP contribution in [0.2, 0.25) is 0 Å². The molecule has 0 aliphatic heterocycles. The Morgan fingerprint density at radius 1 is 1.03 bits per heavy atom. The van der Waals surface area contributed by atoms with Gasteiger partial charge in [-0.25, -0.2) is 4.79 Å². The number of aliphatic hydroxyl groups excluding tert-OH is 1. The second kappa shape index (κ2) is 12.5. The second-order valence-electron chi connectivity index (χ2n) is 8.70. The van der Waals surface area contributed by atoms with Gasteiger partial charge >= 0.3 is 12.1 Å². The first-order valence-corrected chi connectivity index (χ1v) is 12.0. The Bertz CT molecular complexity index is 1140. The first kappa shape index (κ1) is 26.4. The highest BCUT2D eigenvalue weighted by molar-refractivity contribution is 7.81. The van der Waals surface area contributed by atoms with E-state index in [2.05, 4.69) is 17.9 Å². The summed E-state index contributed by atoms with van der Waals surface area (Å²) in [7, 11) is 0. The molecule has 8 heteroatoms. The standard InChI is InChI=1S/C27H31NO6S/c1-27(2,13-15-33-24(30)18-35)25(20-9-5-10-21(17-20)32-16-14-29)34-26(31)28-23-12-6-8-19-7-3-4-11-22(19)23/h3-12,17,25,29,35H,13-16,18H2,1-2H3,(H,28,31)/t25-/m0/s1. The van der Waals surface area contributed by atoms with E-state index in [1.54, 1.807) is 18.2 Å². The van der Waals surface area contributed by atoms with Gasteiger partial charge in [-0.1, -0.05) is 62.4 Å². The number of fused-ring (bicyclic) bond motifs is 1. The largest absolute Gasteiger partial charge is 0.491 e. The van der Waals surface area contributed by atoms with E-state index in [0.29, 0.717) is 17.9 Å². The van der Waals surface area contributed by atoms with Gasteiger partial charge in [-0.05, 0) is 35.6 Å². The van der Waals surface area contributed by atoms with Gasteiger partial charge in [0.15, 0.2) is 0 Å². The molecule has 0 aliphatic rings. The number of carbonyl (C=O) groups is 2. The summed E-state index contributed by atoms with van der Waals surface area (Å²) in [6.07, 6.45) is -0.834. The normalized spacial score (nSPS) is 12.1. The smallest absolute Gasteiger partial charge is 0.412 e. The van der Waals surface area contributed by atoms with Crippen LogP contribution < -0.4 is 10.1 Å². The van der Waals surface area contributed by atoms with Crippen LogP contribution in [0.15, 0.2) is 66.7 Å². The molecule has 186 valence electrons. The van der Waals surface area contributed by atoms with Crippen molar-refractivity contribution in [2.45, 2.75) is 26.4 Å². The molecular formula is C27H31NO6S. The van der Waals surface area contributed by atoms with E-state index in [4.69, 9.17) is 19.3 Å². The summed E-state index contributed by atoms with van der Waals surface area (Å²) in [5.41, 5.74) is 0.772.